The quantitative estimate of drug-likeness (QED) is 0.154. The van der Waals surface area contributed by atoms with Gasteiger partial charge >= 0.3 is 11.9 Å². The highest BCUT2D eigenvalue weighted by molar-refractivity contribution is 5.94. The van der Waals surface area contributed by atoms with E-state index in [4.69, 9.17) is 10.8 Å². The first-order valence-corrected chi connectivity index (χ1v) is 9.95. The number of hydrogen-bond donors (Lipinski definition) is 8. The zero-order chi connectivity index (χ0) is 25.1. The SMILES string of the molecule is CC(O)C(NC(=O)C(Cc1ccc(O)cc1)NC(=O)C(CCC(=O)O)NC(=O)CN)C(=O)O. The first kappa shape index (κ1) is 27.3. The summed E-state index contributed by atoms with van der Waals surface area (Å²) in [6.45, 7) is 0.708. The van der Waals surface area contributed by atoms with E-state index >= 15 is 0 Å². The van der Waals surface area contributed by atoms with Gasteiger partial charge in [0.25, 0.3) is 0 Å². The van der Waals surface area contributed by atoms with E-state index in [1.54, 1.807) is 0 Å². The highest BCUT2D eigenvalue weighted by Gasteiger charge is 2.31. The van der Waals surface area contributed by atoms with Crippen LogP contribution in [0.5, 0.6) is 5.75 Å². The molecule has 0 saturated carbocycles. The molecule has 0 aliphatic carbocycles. The minimum absolute atomic E-state index is 0.0398. The van der Waals surface area contributed by atoms with Crippen LogP contribution in [0.1, 0.15) is 25.3 Å². The molecule has 0 aromatic heterocycles. The van der Waals surface area contributed by atoms with Gasteiger partial charge in [0.05, 0.1) is 12.6 Å². The maximum atomic E-state index is 12.8. The largest absolute Gasteiger partial charge is 0.508 e. The van der Waals surface area contributed by atoms with E-state index in [2.05, 4.69) is 16.0 Å². The van der Waals surface area contributed by atoms with Gasteiger partial charge in [-0.05, 0) is 31.0 Å². The van der Waals surface area contributed by atoms with Gasteiger partial charge in [-0.1, -0.05) is 12.1 Å². The number of rotatable bonds is 13. The molecule has 4 atom stereocenters. The van der Waals surface area contributed by atoms with Crippen LogP contribution >= 0.6 is 0 Å². The number of aromatic hydroxyl groups is 1. The molecule has 13 heteroatoms. The molecule has 9 N–H and O–H groups in total. The van der Waals surface area contributed by atoms with Crippen LogP contribution in [0.25, 0.3) is 0 Å². The van der Waals surface area contributed by atoms with Crippen LogP contribution in [0.4, 0.5) is 0 Å². The third-order valence-corrected chi connectivity index (χ3v) is 4.54. The molecule has 1 aromatic rings. The molecule has 0 spiro atoms. The number of carbonyl (C=O) groups excluding carboxylic acids is 3. The number of aliphatic hydroxyl groups is 1. The summed E-state index contributed by atoms with van der Waals surface area (Å²) in [4.78, 5) is 59.4. The number of hydrogen-bond acceptors (Lipinski definition) is 8. The smallest absolute Gasteiger partial charge is 0.328 e. The lowest BCUT2D eigenvalue weighted by Crippen LogP contribution is -2.58. The van der Waals surface area contributed by atoms with Crippen LogP contribution < -0.4 is 21.7 Å². The Morgan fingerprint density at radius 2 is 1.52 bits per heavy atom. The van der Waals surface area contributed by atoms with Gasteiger partial charge in [-0.15, -0.1) is 0 Å². The molecule has 0 bridgehead atoms. The number of carbonyl (C=O) groups is 5. The predicted octanol–water partition coefficient (Wildman–Crippen LogP) is -2.32. The standard InChI is InChI=1S/C20H28N4O9/c1-10(25)17(20(32)33)24-19(31)14(8-11-2-4-12(26)5-3-11)23-18(30)13(6-7-16(28)29)22-15(27)9-21/h2-5,10,13-14,17,25-26H,6-9,21H2,1H3,(H,22,27)(H,23,30)(H,24,31)(H,28,29)(H,32,33). The number of phenolic OH excluding ortho intramolecular Hbond substituents is 1. The summed E-state index contributed by atoms with van der Waals surface area (Å²) in [5.74, 6) is -5.30. The highest BCUT2D eigenvalue weighted by Crippen LogP contribution is 2.12. The number of benzene rings is 1. The van der Waals surface area contributed by atoms with Crippen LogP contribution in [-0.2, 0) is 30.4 Å². The normalized spacial score (nSPS) is 14.3. The lowest BCUT2D eigenvalue weighted by Gasteiger charge is -2.25. The summed E-state index contributed by atoms with van der Waals surface area (Å²) in [6.07, 6.45) is -2.32. The average Bonchev–Trinajstić information content (AvgIpc) is 2.74. The van der Waals surface area contributed by atoms with E-state index in [0.717, 1.165) is 6.92 Å². The maximum Gasteiger partial charge on any atom is 0.328 e. The van der Waals surface area contributed by atoms with Crippen molar-refractivity contribution < 1.29 is 44.4 Å². The second kappa shape index (κ2) is 13.0. The fourth-order valence-electron chi connectivity index (χ4n) is 2.78. The first-order chi connectivity index (χ1) is 15.4. The maximum absolute atomic E-state index is 12.8. The molecule has 0 aliphatic heterocycles. The van der Waals surface area contributed by atoms with Gasteiger partial charge in [0.15, 0.2) is 6.04 Å². The van der Waals surface area contributed by atoms with Crippen LogP contribution in [0.2, 0.25) is 0 Å². The molecule has 0 saturated heterocycles. The van der Waals surface area contributed by atoms with E-state index < -0.39 is 66.9 Å². The van der Waals surface area contributed by atoms with Crippen molar-refractivity contribution in [3.05, 3.63) is 29.8 Å². The number of carboxylic acid groups (broad SMARTS) is 2. The molecule has 0 radical (unpaired) electrons. The van der Waals surface area contributed by atoms with Gasteiger partial charge in [-0.3, -0.25) is 19.2 Å². The Balaban J connectivity index is 3.13. The van der Waals surface area contributed by atoms with Crippen molar-refractivity contribution in [2.24, 2.45) is 5.73 Å². The Labute approximate surface area is 189 Å². The van der Waals surface area contributed by atoms with E-state index in [9.17, 15) is 39.3 Å². The molecular weight excluding hydrogens is 440 g/mol. The zero-order valence-corrected chi connectivity index (χ0v) is 17.9. The molecule has 0 aliphatic rings. The van der Waals surface area contributed by atoms with E-state index in [0.29, 0.717) is 5.56 Å². The second-order valence-electron chi connectivity index (χ2n) is 7.25. The Hall–Kier alpha value is -3.71. The fraction of sp³-hybridized carbons (Fsp3) is 0.450. The molecule has 1 rings (SSSR count). The molecule has 13 nitrogen and oxygen atoms in total. The van der Waals surface area contributed by atoms with Crippen LogP contribution in [0.15, 0.2) is 24.3 Å². The summed E-state index contributed by atoms with van der Waals surface area (Å²) in [6, 6.07) is 1.31. The van der Waals surface area contributed by atoms with Gasteiger partial charge < -0.3 is 42.1 Å². The second-order valence-corrected chi connectivity index (χ2v) is 7.25. The summed E-state index contributed by atoms with van der Waals surface area (Å²) in [5.41, 5.74) is 5.72. The molecule has 182 valence electrons. The summed E-state index contributed by atoms with van der Waals surface area (Å²) < 4.78 is 0. The van der Waals surface area contributed by atoms with Gasteiger partial charge in [0.1, 0.15) is 17.8 Å². The Kier molecular flexibility index (Phi) is 10.7. The van der Waals surface area contributed by atoms with Crippen molar-refractivity contribution in [2.45, 2.75) is 50.4 Å². The number of nitrogens with one attached hydrogen (secondary N) is 3. The number of phenols is 1. The van der Waals surface area contributed by atoms with Crippen molar-refractivity contribution in [1.82, 2.24) is 16.0 Å². The number of carboxylic acids is 2. The number of aliphatic carboxylic acids is 2. The number of amides is 3. The molecular formula is C20H28N4O9. The van der Waals surface area contributed by atoms with Gasteiger partial charge in [0, 0.05) is 12.8 Å². The minimum Gasteiger partial charge on any atom is -0.508 e. The summed E-state index contributed by atoms with van der Waals surface area (Å²) >= 11 is 0. The fourth-order valence-corrected chi connectivity index (χ4v) is 2.78. The van der Waals surface area contributed by atoms with E-state index in [1.807, 2.05) is 0 Å². The third-order valence-electron chi connectivity index (χ3n) is 4.54. The first-order valence-electron chi connectivity index (χ1n) is 9.95. The van der Waals surface area contributed by atoms with Gasteiger partial charge in [-0.2, -0.15) is 0 Å². The summed E-state index contributed by atoms with van der Waals surface area (Å²) in [7, 11) is 0. The Morgan fingerprint density at radius 3 is 2.00 bits per heavy atom. The number of nitrogens with two attached hydrogens (primary N) is 1. The molecule has 0 heterocycles. The average molecular weight is 468 g/mol. The summed E-state index contributed by atoms with van der Waals surface area (Å²) in [5, 5.41) is 44.0. The topological polar surface area (TPSA) is 228 Å². The monoisotopic (exact) mass is 468 g/mol. The van der Waals surface area contributed by atoms with Crippen LogP contribution in [0, 0.1) is 0 Å². The van der Waals surface area contributed by atoms with Crippen LogP contribution in [-0.4, -0.2) is 80.9 Å². The van der Waals surface area contributed by atoms with Crippen molar-refractivity contribution in [3.63, 3.8) is 0 Å². The molecule has 0 fully saturated rings. The Bertz CT molecular complexity index is 858. The molecule has 4 unspecified atom stereocenters. The Morgan fingerprint density at radius 1 is 0.939 bits per heavy atom. The van der Waals surface area contributed by atoms with Crippen molar-refractivity contribution >= 4 is 29.7 Å². The predicted molar refractivity (Wildman–Crippen MR) is 113 cm³/mol. The molecule has 1 aromatic carbocycles. The van der Waals surface area contributed by atoms with Crippen molar-refractivity contribution in [3.8, 4) is 5.75 Å². The van der Waals surface area contributed by atoms with Gasteiger partial charge in [-0.25, -0.2) is 4.79 Å². The lowest BCUT2D eigenvalue weighted by molar-refractivity contribution is -0.145. The molecule has 33 heavy (non-hydrogen) atoms. The van der Waals surface area contributed by atoms with Gasteiger partial charge in [0.2, 0.25) is 17.7 Å². The zero-order valence-electron chi connectivity index (χ0n) is 17.9. The van der Waals surface area contributed by atoms with Crippen molar-refractivity contribution in [2.75, 3.05) is 6.54 Å². The van der Waals surface area contributed by atoms with E-state index in [-0.39, 0.29) is 18.6 Å². The van der Waals surface area contributed by atoms with E-state index in [1.165, 1.54) is 24.3 Å². The van der Waals surface area contributed by atoms with Crippen LogP contribution in [0.3, 0.4) is 0 Å². The minimum atomic E-state index is -1.66. The third kappa shape index (κ3) is 9.53. The molecule has 3 amide bonds. The number of aliphatic hydroxyl groups excluding tert-OH is 1. The van der Waals surface area contributed by atoms with Crippen molar-refractivity contribution in [1.29, 1.82) is 0 Å². The lowest BCUT2D eigenvalue weighted by atomic mass is 10.0. The highest BCUT2D eigenvalue weighted by atomic mass is 16.4.